The fourth-order valence-electron chi connectivity index (χ4n) is 2.11. The number of imidazole rings is 1. The van der Waals surface area contributed by atoms with Gasteiger partial charge in [-0.2, -0.15) is 0 Å². The quantitative estimate of drug-likeness (QED) is 0.882. The molecular weight excluding hydrogens is 217 g/mol. The van der Waals surface area contributed by atoms with E-state index >= 15 is 0 Å². The SMILES string of the molecule is CNCCc1nc2ccc(F)cc2n1C(C)C. The lowest BCUT2D eigenvalue weighted by Gasteiger charge is -2.12. The van der Waals surface area contributed by atoms with E-state index in [4.69, 9.17) is 0 Å². The molecule has 0 atom stereocenters. The molecule has 0 amide bonds. The smallest absolute Gasteiger partial charge is 0.125 e. The van der Waals surface area contributed by atoms with Crippen molar-refractivity contribution >= 4 is 11.0 Å². The highest BCUT2D eigenvalue weighted by Crippen LogP contribution is 2.22. The first-order chi connectivity index (χ1) is 8.13. The second-order valence-corrected chi connectivity index (χ2v) is 4.48. The number of fused-ring (bicyclic) bond motifs is 1. The molecule has 2 aromatic rings. The maximum Gasteiger partial charge on any atom is 0.125 e. The second kappa shape index (κ2) is 4.84. The van der Waals surface area contributed by atoms with Crippen LogP contribution < -0.4 is 5.32 Å². The van der Waals surface area contributed by atoms with Crippen molar-refractivity contribution < 1.29 is 4.39 Å². The van der Waals surface area contributed by atoms with Gasteiger partial charge in [0.25, 0.3) is 0 Å². The molecule has 1 aromatic carbocycles. The van der Waals surface area contributed by atoms with E-state index in [2.05, 4.69) is 28.7 Å². The van der Waals surface area contributed by atoms with E-state index < -0.39 is 0 Å². The molecular formula is C13H18FN3. The fourth-order valence-corrected chi connectivity index (χ4v) is 2.11. The zero-order valence-electron chi connectivity index (χ0n) is 10.5. The first kappa shape index (κ1) is 12.0. The summed E-state index contributed by atoms with van der Waals surface area (Å²) in [5.41, 5.74) is 1.75. The first-order valence-corrected chi connectivity index (χ1v) is 5.94. The van der Waals surface area contributed by atoms with Gasteiger partial charge in [0, 0.05) is 19.0 Å². The average Bonchev–Trinajstić information content (AvgIpc) is 2.63. The summed E-state index contributed by atoms with van der Waals surface area (Å²) in [4.78, 5) is 4.57. The molecule has 0 saturated carbocycles. The molecule has 0 fully saturated rings. The van der Waals surface area contributed by atoms with Crippen LogP contribution in [-0.4, -0.2) is 23.1 Å². The molecule has 1 heterocycles. The highest BCUT2D eigenvalue weighted by Gasteiger charge is 2.13. The van der Waals surface area contributed by atoms with E-state index in [0.717, 1.165) is 29.8 Å². The third-order valence-electron chi connectivity index (χ3n) is 2.84. The van der Waals surface area contributed by atoms with Crippen molar-refractivity contribution in [2.45, 2.75) is 26.3 Å². The average molecular weight is 235 g/mol. The summed E-state index contributed by atoms with van der Waals surface area (Å²) in [6.07, 6.45) is 0.852. The fraction of sp³-hybridized carbons (Fsp3) is 0.462. The molecule has 4 heteroatoms. The topological polar surface area (TPSA) is 29.9 Å². The number of aromatic nitrogens is 2. The normalized spacial score (nSPS) is 11.6. The van der Waals surface area contributed by atoms with Crippen molar-refractivity contribution in [2.75, 3.05) is 13.6 Å². The van der Waals surface area contributed by atoms with E-state index in [-0.39, 0.29) is 11.9 Å². The molecule has 0 radical (unpaired) electrons. The van der Waals surface area contributed by atoms with Crippen molar-refractivity contribution in [2.24, 2.45) is 0 Å². The summed E-state index contributed by atoms with van der Waals surface area (Å²) in [6, 6.07) is 5.05. The predicted molar refractivity (Wildman–Crippen MR) is 67.7 cm³/mol. The Morgan fingerprint density at radius 3 is 2.82 bits per heavy atom. The lowest BCUT2D eigenvalue weighted by Crippen LogP contribution is -2.15. The number of hydrogen-bond acceptors (Lipinski definition) is 2. The minimum atomic E-state index is -0.209. The zero-order chi connectivity index (χ0) is 12.4. The standard InChI is InChI=1S/C13H18FN3/c1-9(2)17-12-8-10(14)4-5-11(12)16-13(17)6-7-15-3/h4-5,8-9,15H,6-7H2,1-3H3. The van der Waals surface area contributed by atoms with Crippen LogP contribution in [0.15, 0.2) is 18.2 Å². The zero-order valence-corrected chi connectivity index (χ0v) is 10.5. The highest BCUT2D eigenvalue weighted by atomic mass is 19.1. The molecule has 0 aliphatic rings. The van der Waals surface area contributed by atoms with Crippen molar-refractivity contribution in [3.63, 3.8) is 0 Å². The van der Waals surface area contributed by atoms with Gasteiger partial charge in [0.1, 0.15) is 11.6 Å². The summed E-state index contributed by atoms with van der Waals surface area (Å²) in [5.74, 6) is 0.800. The highest BCUT2D eigenvalue weighted by molar-refractivity contribution is 5.76. The van der Waals surface area contributed by atoms with E-state index in [0.29, 0.717) is 0 Å². The minimum absolute atomic E-state index is 0.209. The van der Waals surface area contributed by atoms with Crippen LogP contribution in [0.1, 0.15) is 25.7 Å². The Labute approximate surface area is 101 Å². The Morgan fingerprint density at radius 1 is 1.41 bits per heavy atom. The lowest BCUT2D eigenvalue weighted by molar-refractivity contribution is 0.574. The third kappa shape index (κ3) is 2.31. The van der Waals surface area contributed by atoms with E-state index in [1.165, 1.54) is 6.07 Å². The number of likely N-dealkylation sites (N-methyl/N-ethyl adjacent to an activating group) is 1. The molecule has 0 aliphatic heterocycles. The van der Waals surface area contributed by atoms with E-state index in [1.807, 2.05) is 7.05 Å². The maximum atomic E-state index is 13.3. The number of nitrogens with zero attached hydrogens (tertiary/aromatic N) is 2. The minimum Gasteiger partial charge on any atom is -0.325 e. The number of nitrogens with one attached hydrogen (secondary N) is 1. The van der Waals surface area contributed by atoms with Crippen LogP contribution in [0, 0.1) is 5.82 Å². The first-order valence-electron chi connectivity index (χ1n) is 5.94. The van der Waals surface area contributed by atoms with E-state index in [9.17, 15) is 4.39 Å². The van der Waals surface area contributed by atoms with Crippen molar-refractivity contribution in [3.05, 3.63) is 29.8 Å². The van der Waals surface area contributed by atoms with Gasteiger partial charge in [0.05, 0.1) is 11.0 Å². The van der Waals surface area contributed by atoms with Gasteiger partial charge >= 0.3 is 0 Å². The molecule has 1 N–H and O–H groups in total. The van der Waals surface area contributed by atoms with Gasteiger partial charge in [-0.05, 0) is 39.1 Å². The van der Waals surface area contributed by atoms with Crippen molar-refractivity contribution in [1.82, 2.24) is 14.9 Å². The van der Waals surface area contributed by atoms with Gasteiger partial charge in [-0.3, -0.25) is 0 Å². The number of halogens is 1. The van der Waals surface area contributed by atoms with Gasteiger partial charge in [0.15, 0.2) is 0 Å². The van der Waals surface area contributed by atoms with Crippen LogP contribution in [0.4, 0.5) is 4.39 Å². The molecule has 3 nitrogen and oxygen atoms in total. The van der Waals surface area contributed by atoms with Gasteiger partial charge < -0.3 is 9.88 Å². The molecule has 0 spiro atoms. The van der Waals surface area contributed by atoms with Crippen LogP contribution >= 0.6 is 0 Å². The molecule has 0 aliphatic carbocycles. The Kier molecular flexibility index (Phi) is 3.43. The summed E-state index contributed by atoms with van der Waals surface area (Å²) in [6.45, 7) is 5.06. The van der Waals surface area contributed by atoms with Gasteiger partial charge in [0.2, 0.25) is 0 Å². The number of hydrogen-bond donors (Lipinski definition) is 1. The Morgan fingerprint density at radius 2 is 2.18 bits per heavy atom. The Balaban J connectivity index is 2.54. The molecule has 1 aromatic heterocycles. The summed E-state index contributed by atoms with van der Waals surface area (Å²) in [7, 11) is 1.92. The Hall–Kier alpha value is -1.42. The van der Waals surface area contributed by atoms with Gasteiger partial charge in [-0.25, -0.2) is 9.37 Å². The van der Waals surface area contributed by atoms with Crippen LogP contribution in [0.5, 0.6) is 0 Å². The second-order valence-electron chi connectivity index (χ2n) is 4.48. The summed E-state index contributed by atoms with van der Waals surface area (Å²) < 4.78 is 15.4. The lowest BCUT2D eigenvalue weighted by atomic mass is 10.3. The molecule has 17 heavy (non-hydrogen) atoms. The van der Waals surface area contributed by atoms with Crippen LogP contribution in [0.25, 0.3) is 11.0 Å². The van der Waals surface area contributed by atoms with Gasteiger partial charge in [-0.15, -0.1) is 0 Å². The van der Waals surface area contributed by atoms with Crippen LogP contribution in [-0.2, 0) is 6.42 Å². The van der Waals surface area contributed by atoms with E-state index in [1.54, 1.807) is 12.1 Å². The maximum absolute atomic E-state index is 13.3. The molecule has 0 unspecified atom stereocenters. The molecule has 2 rings (SSSR count). The largest absolute Gasteiger partial charge is 0.325 e. The molecule has 0 saturated heterocycles. The predicted octanol–water partition coefficient (Wildman–Crippen LogP) is 2.52. The monoisotopic (exact) mass is 235 g/mol. The molecule has 92 valence electrons. The van der Waals surface area contributed by atoms with Crippen molar-refractivity contribution in [1.29, 1.82) is 0 Å². The van der Waals surface area contributed by atoms with Crippen LogP contribution in [0.3, 0.4) is 0 Å². The number of rotatable bonds is 4. The summed E-state index contributed by atoms with van der Waals surface area (Å²) >= 11 is 0. The van der Waals surface area contributed by atoms with Crippen molar-refractivity contribution in [3.8, 4) is 0 Å². The van der Waals surface area contributed by atoms with Gasteiger partial charge in [-0.1, -0.05) is 0 Å². The van der Waals surface area contributed by atoms with Crippen LogP contribution in [0.2, 0.25) is 0 Å². The number of benzene rings is 1. The molecule has 0 bridgehead atoms. The summed E-state index contributed by atoms with van der Waals surface area (Å²) in [5, 5.41) is 3.11. The third-order valence-corrected chi connectivity index (χ3v) is 2.84. The Bertz CT molecular complexity index is 517.